The first kappa shape index (κ1) is 18.1. The number of hydrogen-bond donors (Lipinski definition) is 1. The second kappa shape index (κ2) is 5.92. The zero-order chi connectivity index (χ0) is 19.3. The lowest BCUT2D eigenvalue weighted by molar-refractivity contribution is -0.142. The summed E-state index contributed by atoms with van der Waals surface area (Å²) in [6.07, 6.45) is -9.62. The van der Waals surface area contributed by atoms with Crippen LogP contribution in [0.4, 0.5) is 32.2 Å². The van der Waals surface area contributed by atoms with E-state index in [2.05, 4.69) is 5.10 Å². The molecular formula is C15H11F6N3O2. The zero-order valence-electron chi connectivity index (χ0n) is 12.9. The maximum atomic E-state index is 13.1. The number of halogens is 6. The lowest BCUT2D eigenvalue weighted by Gasteiger charge is -2.21. The molecule has 2 aromatic rings. The van der Waals surface area contributed by atoms with Crippen LogP contribution in [0.25, 0.3) is 0 Å². The van der Waals surface area contributed by atoms with Gasteiger partial charge in [0.2, 0.25) is 0 Å². The molecule has 0 radical (unpaired) electrons. The molecule has 0 unspecified atom stereocenters. The van der Waals surface area contributed by atoms with E-state index in [1.807, 2.05) is 0 Å². The van der Waals surface area contributed by atoms with Gasteiger partial charge in [0.1, 0.15) is 11.4 Å². The molecule has 0 saturated carbocycles. The van der Waals surface area contributed by atoms with Gasteiger partial charge in [0, 0.05) is 13.1 Å². The molecule has 0 fully saturated rings. The van der Waals surface area contributed by atoms with Crippen LogP contribution in [0.15, 0.2) is 24.3 Å². The number of aromatic nitrogens is 2. The average molecular weight is 379 g/mol. The molecule has 0 amide bonds. The van der Waals surface area contributed by atoms with Gasteiger partial charge in [0.25, 0.3) is 0 Å². The van der Waals surface area contributed by atoms with E-state index in [0.29, 0.717) is 0 Å². The number of carboxylic acid groups (broad SMARTS) is 1. The Balaban J connectivity index is 2.04. The standard InChI is InChI=1S/C15H11F6N3O2/c16-14(17,18)9-4-2-1-3-8(9)7-23-5-6-24-12(23)10(13(25)26)11(22-24)15(19,20)21/h1-4H,5-7H2,(H,25,26). The van der Waals surface area contributed by atoms with E-state index in [1.165, 1.54) is 18.2 Å². The highest BCUT2D eigenvalue weighted by atomic mass is 19.4. The SMILES string of the molecule is O=C(O)c1c(C(F)(F)F)nn2c1N(Cc1ccccc1C(F)(F)F)CC2. The molecule has 0 saturated heterocycles. The Labute approximate surface area is 142 Å². The van der Waals surface area contributed by atoms with Crippen molar-refractivity contribution in [3.8, 4) is 0 Å². The zero-order valence-corrected chi connectivity index (χ0v) is 12.9. The summed E-state index contributed by atoms with van der Waals surface area (Å²) < 4.78 is 79.3. The number of hydrogen-bond acceptors (Lipinski definition) is 3. The van der Waals surface area contributed by atoms with Gasteiger partial charge in [-0.1, -0.05) is 18.2 Å². The van der Waals surface area contributed by atoms with Crippen molar-refractivity contribution in [1.82, 2.24) is 9.78 Å². The first-order chi connectivity index (χ1) is 12.0. The van der Waals surface area contributed by atoms with Crippen LogP contribution in [-0.4, -0.2) is 27.4 Å². The molecular weight excluding hydrogens is 368 g/mol. The molecule has 26 heavy (non-hydrogen) atoms. The third-order valence-electron chi connectivity index (χ3n) is 3.97. The first-order valence-corrected chi connectivity index (χ1v) is 7.31. The number of alkyl halides is 6. The second-order valence-electron chi connectivity index (χ2n) is 5.65. The number of aromatic carboxylic acids is 1. The summed E-state index contributed by atoms with van der Waals surface area (Å²) in [6.45, 7) is -0.397. The number of carboxylic acids is 1. The van der Waals surface area contributed by atoms with Crippen LogP contribution in [-0.2, 0) is 25.4 Å². The number of anilines is 1. The van der Waals surface area contributed by atoms with Crippen LogP contribution < -0.4 is 4.90 Å². The highest BCUT2D eigenvalue weighted by molar-refractivity contribution is 5.95. The first-order valence-electron chi connectivity index (χ1n) is 7.31. The Morgan fingerprint density at radius 2 is 1.73 bits per heavy atom. The molecule has 11 heteroatoms. The van der Waals surface area contributed by atoms with Gasteiger partial charge in [-0.05, 0) is 11.6 Å². The smallest absolute Gasteiger partial charge is 0.436 e. The van der Waals surface area contributed by atoms with Gasteiger partial charge in [-0.15, -0.1) is 0 Å². The van der Waals surface area contributed by atoms with E-state index in [1.54, 1.807) is 0 Å². The summed E-state index contributed by atoms with van der Waals surface area (Å²) >= 11 is 0. The van der Waals surface area contributed by atoms with Gasteiger partial charge in [0.15, 0.2) is 5.69 Å². The highest BCUT2D eigenvalue weighted by Gasteiger charge is 2.44. The molecule has 3 rings (SSSR count). The second-order valence-corrected chi connectivity index (χ2v) is 5.65. The van der Waals surface area contributed by atoms with Crippen molar-refractivity contribution in [2.24, 2.45) is 0 Å². The third-order valence-corrected chi connectivity index (χ3v) is 3.97. The predicted molar refractivity (Wildman–Crippen MR) is 76.7 cm³/mol. The van der Waals surface area contributed by atoms with Gasteiger partial charge < -0.3 is 10.0 Å². The molecule has 1 aromatic heterocycles. The van der Waals surface area contributed by atoms with E-state index in [4.69, 9.17) is 0 Å². The fourth-order valence-corrected chi connectivity index (χ4v) is 2.94. The monoisotopic (exact) mass is 379 g/mol. The molecule has 0 aliphatic carbocycles. The highest BCUT2D eigenvalue weighted by Crippen LogP contribution is 2.39. The minimum absolute atomic E-state index is 0.0486. The fourth-order valence-electron chi connectivity index (χ4n) is 2.94. The van der Waals surface area contributed by atoms with E-state index in [9.17, 15) is 36.2 Å². The molecule has 1 aromatic carbocycles. The topological polar surface area (TPSA) is 58.4 Å². The minimum Gasteiger partial charge on any atom is -0.477 e. The summed E-state index contributed by atoms with van der Waals surface area (Å²) in [5.74, 6) is -2.18. The number of rotatable bonds is 3. The van der Waals surface area contributed by atoms with Crippen LogP contribution >= 0.6 is 0 Å². The van der Waals surface area contributed by atoms with Gasteiger partial charge >= 0.3 is 18.3 Å². The Hall–Kier alpha value is -2.72. The van der Waals surface area contributed by atoms with Crippen LogP contribution in [0.5, 0.6) is 0 Å². The Kier molecular flexibility index (Phi) is 4.12. The van der Waals surface area contributed by atoms with Crippen LogP contribution in [0, 0.1) is 0 Å². The van der Waals surface area contributed by atoms with Crippen molar-refractivity contribution in [3.63, 3.8) is 0 Å². The van der Waals surface area contributed by atoms with Gasteiger partial charge in [0.05, 0.1) is 12.1 Å². The molecule has 1 aliphatic heterocycles. The van der Waals surface area contributed by atoms with Gasteiger partial charge in [-0.2, -0.15) is 31.4 Å². The Morgan fingerprint density at radius 3 is 2.31 bits per heavy atom. The molecule has 1 N–H and O–H groups in total. The molecule has 0 spiro atoms. The average Bonchev–Trinajstić information content (AvgIpc) is 3.06. The molecule has 1 aliphatic rings. The van der Waals surface area contributed by atoms with Crippen molar-refractivity contribution in [2.45, 2.75) is 25.4 Å². The maximum absolute atomic E-state index is 13.1. The normalized spacial score (nSPS) is 14.6. The van der Waals surface area contributed by atoms with E-state index in [-0.39, 0.29) is 31.0 Å². The molecule has 5 nitrogen and oxygen atoms in total. The summed E-state index contributed by atoms with van der Waals surface area (Å²) in [5.41, 5.74) is -3.71. The molecule has 140 valence electrons. The van der Waals surface area contributed by atoms with Gasteiger partial charge in [-0.3, -0.25) is 0 Å². The third kappa shape index (κ3) is 3.08. The van der Waals surface area contributed by atoms with Crippen LogP contribution in [0.1, 0.15) is 27.2 Å². The maximum Gasteiger partial charge on any atom is 0.436 e. The number of nitrogens with zero attached hydrogens (tertiary/aromatic N) is 3. The molecule has 0 atom stereocenters. The largest absolute Gasteiger partial charge is 0.477 e. The van der Waals surface area contributed by atoms with E-state index >= 15 is 0 Å². The fraction of sp³-hybridized carbons (Fsp3) is 0.333. The molecule has 0 bridgehead atoms. The van der Waals surface area contributed by atoms with Crippen molar-refractivity contribution in [1.29, 1.82) is 0 Å². The lowest BCUT2D eigenvalue weighted by atomic mass is 10.1. The number of benzene rings is 1. The van der Waals surface area contributed by atoms with E-state index in [0.717, 1.165) is 15.6 Å². The Morgan fingerprint density at radius 1 is 1.08 bits per heavy atom. The van der Waals surface area contributed by atoms with Crippen molar-refractivity contribution < 1.29 is 36.2 Å². The lowest BCUT2D eigenvalue weighted by Crippen LogP contribution is -2.24. The minimum atomic E-state index is -4.99. The predicted octanol–water partition coefficient (Wildman–Crippen LogP) is 3.64. The van der Waals surface area contributed by atoms with E-state index < -0.39 is 35.1 Å². The van der Waals surface area contributed by atoms with Gasteiger partial charge in [-0.25, -0.2) is 9.48 Å². The number of carbonyl (C=O) groups is 1. The Bertz CT molecular complexity index is 856. The summed E-state index contributed by atoms with van der Waals surface area (Å²) in [6, 6.07) is 4.64. The van der Waals surface area contributed by atoms with Crippen LogP contribution in [0.2, 0.25) is 0 Å². The van der Waals surface area contributed by atoms with Crippen molar-refractivity contribution in [2.75, 3.05) is 11.4 Å². The van der Waals surface area contributed by atoms with Crippen molar-refractivity contribution in [3.05, 3.63) is 46.6 Å². The molecule has 2 heterocycles. The van der Waals surface area contributed by atoms with Crippen molar-refractivity contribution >= 4 is 11.8 Å². The summed E-state index contributed by atoms with van der Waals surface area (Å²) in [5, 5.41) is 12.5. The van der Waals surface area contributed by atoms with Crippen LogP contribution in [0.3, 0.4) is 0 Å². The summed E-state index contributed by atoms with van der Waals surface area (Å²) in [7, 11) is 0. The number of fused-ring (bicyclic) bond motifs is 1. The quantitative estimate of drug-likeness (QED) is 0.828. The summed E-state index contributed by atoms with van der Waals surface area (Å²) in [4.78, 5) is 12.5.